The summed E-state index contributed by atoms with van der Waals surface area (Å²) in [7, 11) is 0. The normalized spacial score (nSPS) is 18.0. The van der Waals surface area contributed by atoms with Crippen LogP contribution in [0, 0.1) is 0 Å². The first kappa shape index (κ1) is 19.6. The summed E-state index contributed by atoms with van der Waals surface area (Å²) >= 11 is 0. The fraction of sp³-hybridized carbons (Fsp3) is 0.500. The number of nitrogens with one attached hydrogen (secondary N) is 1. The average molecular weight is 410 g/mol. The topological polar surface area (TPSA) is 75.6 Å². The Morgan fingerprint density at radius 3 is 1.83 bits per heavy atom. The van der Waals surface area contributed by atoms with Crippen LogP contribution < -0.4 is 15.1 Å². The van der Waals surface area contributed by atoms with Crippen molar-refractivity contribution < 1.29 is 22.6 Å². The number of hydrogen-bond acceptors (Lipinski definition) is 8. The van der Waals surface area contributed by atoms with E-state index in [9.17, 15) is 13.2 Å². The molecule has 156 valence electrons. The molecule has 2 saturated heterocycles. The first-order chi connectivity index (χ1) is 14.0. The van der Waals surface area contributed by atoms with E-state index in [0.29, 0.717) is 64.5 Å². The Bertz CT molecular complexity index is 802. The van der Waals surface area contributed by atoms with Gasteiger partial charge in [-0.25, -0.2) is 0 Å². The highest BCUT2D eigenvalue weighted by Crippen LogP contribution is 2.35. The lowest BCUT2D eigenvalue weighted by Crippen LogP contribution is -2.40. The molecule has 2 fully saturated rings. The average Bonchev–Trinajstić information content (AvgIpc) is 2.74. The molecule has 8 nitrogen and oxygen atoms in total. The van der Waals surface area contributed by atoms with Gasteiger partial charge in [0, 0.05) is 26.2 Å². The van der Waals surface area contributed by atoms with E-state index >= 15 is 0 Å². The Morgan fingerprint density at radius 2 is 1.31 bits per heavy atom. The van der Waals surface area contributed by atoms with Crippen LogP contribution in [0.3, 0.4) is 0 Å². The summed E-state index contributed by atoms with van der Waals surface area (Å²) in [5, 5.41) is 2.74. The van der Waals surface area contributed by atoms with E-state index in [2.05, 4.69) is 20.3 Å². The molecule has 0 radical (unpaired) electrons. The molecular formula is C18H21F3N6O2. The van der Waals surface area contributed by atoms with Crippen LogP contribution in [0.5, 0.6) is 0 Å². The number of morpholine rings is 2. The van der Waals surface area contributed by atoms with Gasteiger partial charge in [0.25, 0.3) is 0 Å². The first-order valence-corrected chi connectivity index (χ1v) is 9.35. The fourth-order valence-electron chi connectivity index (χ4n) is 3.18. The SMILES string of the molecule is FC(F)(F)c1ccccc1Nc1nc(N2CCOCC2)nc(N2CCOCC2)n1. The van der Waals surface area contributed by atoms with E-state index in [1.54, 1.807) is 0 Å². The lowest BCUT2D eigenvalue weighted by atomic mass is 10.1. The molecule has 2 aliphatic rings. The van der Waals surface area contributed by atoms with Gasteiger partial charge >= 0.3 is 6.18 Å². The summed E-state index contributed by atoms with van der Waals surface area (Å²) in [4.78, 5) is 17.2. The van der Waals surface area contributed by atoms with Crippen LogP contribution in [-0.4, -0.2) is 67.6 Å². The molecule has 29 heavy (non-hydrogen) atoms. The van der Waals surface area contributed by atoms with Crippen molar-refractivity contribution in [2.45, 2.75) is 6.18 Å². The molecule has 0 atom stereocenters. The number of ether oxygens (including phenoxy) is 2. The van der Waals surface area contributed by atoms with Crippen molar-refractivity contribution in [2.24, 2.45) is 0 Å². The molecule has 0 spiro atoms. The van der Waals surface area contributed by atoms with E-state index in [1.165, 1.54) is 18.2 Å². The summed E-state index contributed by atoms with van der Waals surface area (Å²) in [6, 6.07) is 5.26. The van der Waals surface area contributed by atoms with Gasteiger partial charge in [0.1, 0.15) is 0 Å². The van der Waals surface area contributed by atoms with Crippen LogP contribution in [0.1, 0.15) is 5.56 Å². The van der Waals surface area contributed by atoms with Crippen molar-refractivity contribution in [1.82, 2.24) is 15.0 Å². The second-order valence-electron chi connectivity index (χ2n) is 6.63. The molecule has 1 aromatic heterocycles. The minimum atomic E-state index is -4.49. The highest BCUT2D eigenvalue weighted by molar-refractivity contribution is 5.61. The van der Waals surface area contributed by atoms with Crippen LogP contribution in [-0.2, 0) is 15.7 Å². The number of nitrogens with zero attached hydrogens (tertiary/aromatic N) is 5. The highest BCUT2D eigenvalue weighted by atomic mass is 19.4. The van der Waals surface area contributed by atoms with E-state index in [4.69, 9.17) is 9.47 Å². The van der Waals surface area contributed by atoms with Crippen LogP contribution in [0.2, 0.25) is 0 Å². The minimum absolute atomic E-state index is 0.0692. The van der Waals surface area contributed by atoms with Gasteiger partial charge in [0.15, 0.2) is 0 Å². The summed E-state index contributed by atoms with van der Waals surface area (Å²) < 4.78 is 50.8. The molecule has 4 rings (SSSR count). The van der Waals surface area contributed by atoms with Crippen LogP contribution in [0.25, 0.3) is 0 Å². The van der Waals surface area contributed by atoms with Gasteiger partial charge in [-0.3, -0.25) is 0 Å². The predicted octanol–water partition coefficient (Wildman–Crippen LogP) is 2.31. The zero-order chi connectivity index (χ0) is 20.3. The molecule has 2 aromatic rings. The monoisotopic (exact) mass is 410 g/mol. The summed E-state index contributed by atoms with van der Waals surface area (Å²) in [6.45, 7) is 4.57. The maximum Gasteiger partial charge on any atom is 0.418 e. The molecular weight excluding hydrogens is 389 g/mol. The Morgan fingerprint density at radius 1 is 0.793 bits per heavy atom. The van der Waals surface area contributed by atoms with E-state index in [-0.39, 0.29) is 11.6 Å². The predicted molar refractivity (Wildman–Crippen MR) is 101 cm³/mol. The van der Waals surface area contributed by atoms with Crippen LogP contribution in [0.15, 0.2) is 24.3 Å². The standard InChI is InChI=1S/C18H21F3N6O2/c19-18(20,21)13-3-1-2-4-14(13)22-15-23-16(26-5-9-28-10-6-26)25-17(24-15)27-7-11-29-12-8-27/h1-4H,5-12H2,(H,22,23,24,25). The lowest BCUT2D eigenvalue weighted by Gasteiger charge is -2.30. The molecule has 11 heteroatoms. The summed E-state index contributed by atoms with van der Waals surface area (Å²) in [5.74, 6) is 0.897. The number of anilines is 4. The van der Waals surface area contributed by atoms with Crippen molar-refractivity contribution in [1.29, 1.82) is 0 Å². The van der Waals surface area contributed by atoms with Gasteiger partial charge in [0.2, 0.25) is 17.8 Å². The Kier molecular flexibility index (Phi) is 5.67. The first-order valence-electron chi connectivity index (χ1n) is 9.35. The number of alkyl halides is 3. The third kappa shape index (κ3) is 4.67. The van der Waals surface area contributed by atoms with Crippen molar-refractivity contribution in [2.75, 3.05) is 67.7 Å². The third-order valence-electron chi connectivity index (χ3n) is 4.68. The smallest absolute Gasteiger partial charge is 0.378 e. The van der Waals surface area contributed by atoms with Crippen molar-refractivity contribution >= 4 is 23.5 Å². The van der Waals surface area contributed by atoms with Gasteiger partial charge in [-0.2, -0.15) is 28.1 Å². The maximum absolute atomic E-state index is 13.4. The van der Waals surface area contributed by atoms with Gasteiger partial charge in [-0.15, -0.1) is 0 Å². The van der Waals surface area contributed by atoms with E-state index in [0.717, 1.165) is 6.07 Å². The van der Waals surface area contributed by atoms with Gasteiger partial charge in [-0.05, 0) is 12.1 Å². The van der Waals surface area contributed by atoms with Gasteiger partial charge in [0.05, 0.1) is 37.7 Å². The molecule has 0 amide bonds. The number of rotatable bonds is 4. The third-order valence-corrected chi connectivity index (χ3v) is 4.68. The molecule has 0 aliphatic carbocycles. The van der Waals surface area contributed by atoms with Crippen molar-refractivity contribution in [3.05, 3.63) is 29.8 Å². The Labute approximate surface area is 165 Å². The molecule has 2 aliphatic heterocycles. The molecule has 0 saturated carbocycles. The number of halogens is 3. The lowest BCUT2D eigenvalue weighted by molar-refractivity contribution is -0.136. The molecule has 1 N–H and O–H groups in total. The van der Waals surface area contributed by atoms with Gasteiger partial charge in [-0.1, -0.05) is 12.1 Å². The molecule has 3 heterocycles. The van der Waals surface area contributed by atoms with E-state index < -0.39 is 11.7 Å². The molecule has 0 bridgehead atoms. The molecule has 0 unspecified atom stereocenters. The quantitative estimate of drug-likeness (QED) is 0.823. The van der Waals surface area contributed by atoms with Crippen LogP contribution in [0.4, 0.5) is 36.7 Å². The second kappa shape index (κ2) is 8.37. The Hall–Kier alpha value is -2.66. The fourth-order valence-corrected chi connectivity index (χ4v) is 3.18. The van der Waals surface area contributed by atoms with Gasteiger partial charge < -0.3 is 24.6 Å². The zero-order valence-electron chi connectivity index (χ0n) is 15.7. The van der Waals surface area contributed by atoms with Crippen molar-refractivity contribution in [3.8, 4) is 0 Å². The van der Waals surface area contributed by atoms with Crippen molar-refractivity contribution in [3.63, 3.8) is 0 Å². The second-order valence-corrected chi connectivity index (χ2v) is 6.63. The van der Waals surface area contributed by atoms with E-state index in [1.807, 2.05) is 9.80 Å². The minimum Gasteiger partial charge on any atom is -0.378 e. The van der Waals surface area contributed by atoms with Crippen LogP contribution >= 0.6 is 0 Å². The molecule has 1 aromatic carbocycles. The number of para-hydroxylation sites is 1. The highest BCUT2D eigenvalue weighted by Gasteiger charge is 2.33. The largest absolute Gasteiger partial charge is 0.418 e. The summed E-state index contributed by atoms with van der Waals surface area (Å²) in [5.41, 5.74) is -0.881. The summed E-state index contributed by atoms with van der Waals surface area (Å²) in [6.07, 6.45) is -4.49. The number of benzene rings is 1. The Balaban J connectivity index is 1.68. The number of aromatic nitrogens is 3. The zero-order valence-corrected chi connectivity index (χ0v) is 15.7. The maximum atomic E-state index is 13.4. The number of hydrogen-bond donors (Lipinski definition) is 1.